The van der Waals surface area contributed by atoms with Gasteiger partial charge in [-0.25, -0.2) is 0 Å². The van der Waals surface area contributed by atoms with Gasteiger partial charge in [0.25, 0.3) is 0 Å². The van der Waals surface area contributed by atoms with Crippen LogP contribution in [0.3, 0.4) is 0 Å². The lowest BCUT2D eigenvalue weighted by Crippen LogP contribution is -2.43. The maximum absolute atomic E-state index is 13.0. The molecule has 1 aromatic heterocycles. The Morgan fingerprint density at radius 1 is 1.45 bits per heavy atom. The molecular weight excluding hydrogens is 284 g/mol. The number of hydrogen-bond acceptors (Lipinski definition) is 5. The van der Waals surface area contributed by atoms with Gasteiger partial charge in [-0.2, -0.15) is 15.4 Å². The number of aromatic nitrogens is 3. The molecule has 1 aromatic rings. The standard InChI is InChI=1S/C15H24N4O3/c1-22-9-7-14(4-2-3-5-14)13(20)19-8-6-15(21,11-19)12-10-16-18-17-12/h10,21H,2-9,11H2,1H3,(H,16,17,18). The second kappa shape index (κ2) is 5.96. The van der Waals surface area contributed by atoms with Crippen molar-refractivity contribution in [3.05, 3.63) is 11.9 Å². The molecule has 7 heteroatoms. The van der Waals surface area contributed by atoms with Crippen LogP contribution in [0.1, 0.15) is 44.2 Å². The van der Waals surface area contributed by atoms with Crippen molar-refractivity contribution >= 4 is 5.91 Å². The van der Waals surface area contributed by atoms with Crippen molar-refractivity contribution < 1.29 is 14.6 Å². The second-order valence-electron chi connectivity index (χ2n) is 6.59. The van der Waals surface area contributed by atoms with Gasteiger partial charge in [-0.15, -0.1) is 0 Å². The van der Waals surface area contributed by atoms with Crippen LogP contribution in [-0.2, 0) is 15.1 Å². The van der Waals surface area contributed by atoms with Crippen molar-refractivity contribution in [1.82, 2.24) is 20.3 Å². The molecule has 0 bridgehead atoms. The third kappa shape index (κ3) is 2.63. The van der Waals surface area contributed by atoms with Crippen molar-refractivity contribution in [3.8, 4) is 0 Å². The summed E-state index contributed by atoms with van der Waals surface area (Å²) in [7, 11) is 1.67. The number of nitrogens with zero attached hydrogens (tertiary/aromatic N) is 3. The molecule has 1 unspecified atom stereocenters. The second-order valence-corrected chi connectivity index (χ2v) is 6.59. The van der Waals surface area contributed by atoms with Crippen LogP contribution >= 0.6 is 0 Å². The summed E-state index contributed by atoms with van der Waals surface area (Å²) in [6.07, 6.45) is 6.84. The van der Waals surface area contributed by atoms with E-state index in [4.69, 9.17) is 4.74 Å². The highest BCUT2D eigenvalue weighted by atomic mass is 16.5. The summed E-state index contributed by atoms with van der Waals surface area (Å²) in [5.74, 6) is 0.168. The van der Waals surface area contributed by atoms with Crippen LogP contribution < -0.4 is 0 Å². The minimum atomic E-state index is -1.08. The summed E-state index contributed by atoms with van der Waals surface area (Å²) in [4.78, 5) is 14.8. The van der Waals surface area contributed by atoms with E-state index in [9.17, 15) is 9.90 Å². The Morgan fingerprint density at radius 2 is 2.23 bits per heavy atom. The minimum absolute atomic E-state index is 0.168. The van der Waals surface area contributed by atoms with Crippen LogP contribution in [-0.4, -0.2) is 58.1 Å². The fraction of sp³-hybridized carbons (Fsp3) is 0.800. The number of H-pyrrole nitrogens is 1. The van der Waals surface area contributed by atoms with Crippen molar-refractivity contribution in [2.24, 2.45) is 5.41 Å². The predicted octanol–water partition coefficient (Wildman–Crippen LogP) is 0.821. The number of hydrogen-bond donors (Lipinski definition) is 2. The number of methoxy groups -OCH3 is 1. The SMILES string of the molecule is COCCC1(C(=O)N2CCC(O)(c3cn[nH]n3)C2)CCCC1. The number of aliphatic hydroxyl groups is 1. The van der Waals surface area contributed by atoms with Crippen LogP contribution in [0.2, 0.25) is 0 Å². The maximum Gasteiger partial charge on any atom is 0.228 e. The van der Waals surface area contributed by atoms with E-state index in [1.54, 1.807) is 12.0 Å². The normalized spacial score (nSPS) is 27.5. The molecule has 2 N–H and O–H groups in total. The lowest BCUT2D eigenvalue weighted by atomic mass is 9.81. The Hall–Kier alpha value is -1.47. The molecule has 2 heterocycles. The average Bonchev–Trinajstić information content (AvgIpc) is 3.25. The average molecular weight is 308 g/mol. The Labute approximate surface area is 130 Å². The fourth-order valence-electron chi connectivity index (χ4n) is 3.86. The third-order valence-electron chi connectivity index (χ3n) is 5.23. The molecule has 3 rings (SSSR count). The summed E-state index contributed by atoms with van der Waals surface area (Å²) < 4.78 is 5.20. The Morgan fingerprint density at radius 3 is 2.86 bits per heavy atom. The van der Waals surface area contributed by atoms with Crippen LogP contribution in [0.4, 0.5) is 0 Å². The lowest BCUT2D eigenvalue weighted by molar-refractivity contribution is -0.143. The van der Waals surface area contributed by atoms with Gasteiger partial charge >= 0.3 is 0 Å². The van der Waals surface area contributed by atoms with Gasteiger partial charge in [-0.1, -0.05) is 12.8 Å². The topological polar surface area (TPSA) is 91.3 Å². The summed E-state index contributed by atoms with van der Waals surface area (Å²) >= 11 is 0. The summed E-state index contributed by atoms with van der Waals surface area (Å²) in [5, 5.41) is 21.0. The van der Waals surface area contributed by atoms with E-state index < -0.39 is 5.60 Å². The number of amides is 1. The quantitative estimate of drug-likeness (QED) is 0.840. The fourth-order valence-corrected chi connectivity index (χ4v) is 3.86. The van der Waals surface area contributed by atoms with E-state index in [-0.39, 0.29) is 11.3 Å². The van der Waals surface area contributed by atoms with E-state index in [2.05, 4.69) is 15.4 Å². The largest absolute Gasteiger partial charge is 0.385 e. The third-order valence-corrected chi connectivity index (χ3v) is 5.23. The molecule has 2 fully saturated rings. The maximum atomic E-state index is 13.0. The van der Waals surface area contributed by atoms with Crippen molar-refractivity contribution in [3.63, 3.8) is 0 Å². The van der Waals surface area contributed by atoms with Crippen LogP contribution in [0.25, 0.3) is 0 Å². The van der Waals surface area contributed by atoms with E-state index in [0.29, 0.717) is 31.8 Å². The number of rotatable bonds is 5. The van der Waals surface area contributed by atoms with Gasteiger partial charge in [-0.3, -0.25) is 4.79 Å². The van der Waals surface area contributed by atoms with E-state index >= 15 is 0 Å². The number of β-amino-alcohol motifs (C(OH)–C–C–N with tert-alkyl or cyclic N) is 1. The number of nitrogens with one attached hydrogen (secondary N) is 1. The van der Waals surface area contributed by atoms with Crippen LogP contribution in [0.15, 0.2) is 6.20 Å². The first kappa shape index (κ1) is 15.4. The minimum Gasteiger partial charge on any atom is -0.385 e. The molecular formula is C15H24N4O3. The monoisotopic (exact) mass is 308 g/mol. The molecule has 0 aromatic carbocycles. The van der Waals surface area contributed by atoms with Gasteiger partial charge in [-0.05, 0) is 19.3 Å². The van der Waals surface area contributed by atoms with Crippen molar-refractivity contribution in [2.45, 2.75) is 44.1 Å². The predicted molar refractivity (Wildman–Crippen MR) is 78.9 cm³/mol. The summed E-state index contributed by atoms with van der Waals surface area (Å²) in [5.41, 5.74) is -0.866. The number of carbonyl (C=O) groups is 1. The molecule has 1 saturated carbocycles. The number of carbonyl (C=O) groups excluding carboxylic acids is 1. The van der Waals surface area contributed by atoms with E-state index in [1.807, 2.05) is 0 Å². The van der Waals surface area contributed by atoms with E-state index in [1.165, 1.54) is 6.20 Å². The highest BCUT2D eigenvalue weighted by molar-refractivity contribution is 5.83. The van der Waals surface area contributed by atoms with Gasteiger partial charge in [0.2, 0.25) is 5.91 Å². The summed E-state index contributed by atoms with van der Waals surface area (Å²) in [6, 6.07) is 0. The molecule has 122 valence electrons. The Kier molecular flexibility index (Phi) is 4.18. The highest BCUT2D eigenvalue weighted by Gasteiger charge is 2.48. The van der Waals surface area contributed by atoms with Crippen molar-refractivity contribution in [2.75, 3.05) is 26.8 Å². The molecule has 0 spiro atoms. The highest BCUT2D eigenvalue weighted by Crippen LogP contribution is 2.44. The molecule has 0 radical (unpaired) electrons. The first-order valence-corrected chi connectivity index (χ1v) is 7.97. The Balaban J connectivity index is 1.72. The van der Waals surface area contributed by atoms with Crippen LogP contribution in [0, 0.1) is 5.41 Å². The molecule has 7 nitrogen and oxygen atoms in total. The first-order valence-electron chi connectivity index (χ1n) is 7.97. The van der Waals surface area contributed by atoms with Gasteiger partial charge in [0, 0.05) is 26.7 Å². The van der Waals surface area contributed by atoms with E-state index in [0.717, 1.165) is 32.1 Å². The molecule has 1 aliphatic carbocycles. The number of likely N-dealkylation sites (tertiary alicyclic amines) is 1. The smallest absolute Gasteiger partial charge is 0.228 e. The molecule has 1 saturated heterocycles. The van der Waals surface area contributed by atoms with Crippen LogP contribution in [0.5, 0.6) is 0 Å². The zero-order valence-corrected chi connectivity index (χ0v) is 13.0. The number of aromatic amines is 1. The van der Waals surface area contributed by atoms with Gasteiger partial charge < -0.3 is 14.7 Å². The lowest BCUT2D eigenvalue weighted by Gasteiger charge is -2.32. The van der Waals surface area contributed by atoms with Gasteiger partial charge in [0.05, 0.1) is 18.2 Å². The molecule has 22 heavy (non-hydrogen) atoms. The molecule has 2 aliphatic rings. The number of ether oxygens (including phenoxy) is 1. The molecule has 1 amide bonds. The first-order chi connectivity index (χ1) is 10.6. The molecule has 1 atom stereocenters. The van der Waals surface area contributed by atoms with Gasteiger partial charge in [0.15, 0.2) is 0 Å². The Bertz CT molecular complexity index is 513. The molecule has 1 aliphatic heterocycles. The summed E-state index contributed by atoms with van der Waals surface area (Å²) in [6.45, 7) is 1.47. The zero-order chi connectivity index (χ0) is 15.6. The zero-order valence-electron chi connectivity index (χ0n) is 13.0. The van der Waals surface area contributed by atoms with Crippen molar-refractivity contribution in [1.29, 1.82) is 0 Å². The van der Waals surface area contributed by atoms with Gasteiger partial charge in [0.1, 0.15) is 11.3 Å².